The first-order chi connectivity index (χ1) is 16.6. The Kier molecular flexibility index (Phi) is 5.83. The minimum Gasteiger partial charge on any atom is -0.508 e. The Labute approximate surface area is 207 Å². The number of rotatable bonds is 5. The third-order valence-corrected chi connectivity index (χ3v) is 8.44. The fourth-order valence-electron chi connectivity index (χ4n) is 4.79. The number of fused-ring (bicyclic) bond motifs is 2. The highest BCUT2D eigenvalue weighted by Crippen LogP contribution is 2.38. The Bertz CT molecular complexity index is 1530. The number of halogens is 1. The lowest BCUT2D eigenvalue weighted by Crippen LogP contribution is -2.49. The van der Waals surface area contributed by atoms with Gasteiger partial charge in [-0.2, -0.15) is 0 Å². The molecule has 2 atom stereocenters. The van der Waals surface area contributed by atoms with Gasteiger partial charge < -0.3 is 20.5 Å². The van der Waals surface area contributed by atoms with Crippen molar-refractivity contribution < 1.29 is 23.4 Å². The van der Waals surface area contributed by atoms with Gasteiger partial charge >= 0.3 is 0 Å². The van der Waals surface area contributed by atoms with E-state index in [0.717, 1.165) is 16.5 Å². The number of hydrogen-bond acceptors (Lipinski definition) is 5. The van der Waals surface area contributed by atoms with Crippen LogP contribution in [0.25, 0.3) is 10.9 Å². The zero-order chi connectivity index (χ0) is 24.8. The molecule has 9 heteroatoms. The van der Waals surface area contributed by atoms with Crippen molar-refractivity contribution in [3.8, 4) is 5.75 Å². The largest absolute Gasteiger partial charge is 0.508 e. The molecule has 3 aromatic carbocycles. The van der Waals surface area contributed by atoms with Crippen LogP contribution >= 0.6 is 11.6 Å². The van der Waals surface area contributed by atoms with Crippen LogP contribution < -0.4 is 5.32 Å². The summed E-state index contributed by atoms with van der Waals surface area (Å²) in [6.07, 6.45) is 0.481. The molecule has 0 saturated heterocycles. The van der Waals surface area contributed by atoms with E-state index in [9.17, 15) is 23.4 Å². The molecule has 7 nitrogen and oxygen atoms in total. The van der Waals surface area contributed by atoms with Crippen LogP contribution in [0.2, 0.25) is 5.02 Å². The molecule has 1 aromatic heterocycles. The number of aromatic hydroxyl groups is 1. The fraction of sp³-hybridized carbons (Fsp3) is 0.192. The van der Waals surface area contributed by atoms with E-state index in [4.69, 9.17) is 11.6 Å². The number of phenols is 1. The number of nitrogens with one attached hydrogen (secondary N) is 2. The van der Waals surface area contributed by atoms with Crippen LogP contribution in [0.5, 0.6) is 5.75 Å². The predicted molar refractivity (Wildman–Crippen MR) is 133 cm³/mol. The van der Waals surface area contributed by atoms with Gasteiger partial charge in [0.2, 0.25) is 0 Å². The number of benzene rings is 3. The number of carbonyl (C=O) groups excluding carboxylic acids is 1. The van der Waals surface area contributed by atoms with Crippen molar-refractivity contribution in [1.82, 2.24) is 10.3 Å². The van der Waals surface area contributed by atoms with Crippen LogP contribution in [0.4, 0.5) is 0 Å². The predicted octanol–water partition coefficient (Wildman–Crippen LogP) is 3.93. The Morgan fingerprint density at radius 2 is 1.83 bits per heavy atom. The topological polar surface area (TPSA) is 119 Å². The van der Waals surface area contributed by atoms with E-state index in [-0.39, 0.29) is 23.0 Å². The van der Waals surface area contributed by atoms with Gasteiger partial charge in [0.1, 0.15) is 17.0 Å². The van der Waals surface area contributed by atoms with Gasteiger partial charge in [0.25, 0.3) is 5.91 Å². The molecule has 1 amide bonds. The molecule has 4 N–H and O–H groups in total. The molecule has 35 heavy (non-hydrogen) atoms. The van der Waals surface area contributed by atoms with Gasteiger partial charge in [-0.3, -0.25) is 4.79 Å². The summed E-state index contributed by atoms with van der Waals surface area (Å²) in [6.45, 7) is 0. The molecule has 0 radical (unpaired) electrons. The maximum Gasteiger partial charge on any atom is 0.267 e. The maximum atomic E-state index is 13.2. The van der Waals surface area contributed by atoms with Crippen molar-refractivity contribution in [2.24, 2.45) is 0 Å². The van der Waals surface area contributed by atoms with Gasteiger partial charge in [0, 0.05) is 28.4 Å². The van der Waals surface area contributed by atoms with Crippen molar-refractivity contribution >= 4 is 38.2 Å². The number of H-pyrrole nitrogens is 1. The molecular formula is C26H23ClN2O5S. The Morgan fingerprint density at radius 1 is 1.09 bits per heavy atom. The van der Waals surface area contributed by atoms with E-state index in [2.05, 4.69) is 10.3 Å². The molecule has 0 spiro atoms. The zero-order valence-electron chi connectivity index (χ0n) is 18.5. The molecule has 0 fully saturated rings. The van der Waals surface area contributed by atoms with Gasteiger partial charge in [0.05, 0.1) is 10.6 Å². The van der Waals surface area contributed by atoms with E-state index in [1.807, 2.05) is 12.1 Å². The molecular weight excluding hydrogens is 488 g/mol. The summed E-state index contributed by atoms with van der Waals surface area (Å²) in [5, 5.41) is 25.5. The second-order valence-electron chi connectivity index (χ2n) is 8.93. The van der Waals surface area contributed by atoms with Gasteiger partial charge in [-0.05, 0) is 66.1 Å². The summed E-state index contributed by atoms with van der Waals surface area (Å²) in [7, 11) is -3.90. The van der Waals surface area contributed by atoms with E-state index in [1.54, 1.807) is 36.4 Å². The number of aromatic nitrogens is 1. The monoisotopic (exact) mass is 510 g/mol. The highest BCUT2D eigenvalue weighted by Gasteiger charge is 2.43. The number of carbonyl (C=O) groups is 1. The van der Waals surface area contributed by atoms with E-state index >= 15 is 0 Å². The van der Waals surface area contributed by atoms with Crippen LogP contribution in [-0.2, 0) is 21.9 Å². The second kappa shape index (κ2) is 8.71. The standard InChI is InChI=1S/C26H23ClN2O5S/c27-18-5-10-23-17(11-18)13-24(29-23)25(31)28-19-12-16-3-1-2-4-22(16)26(32,14-19)15-35(33,34)21-8-6-20(30)7-9-21/h1-11,13,19,29-30,32H,12,14-15H2,(H,28,31)/t19?,26-/m0/s1. The SMILES string of the molecule is O=C(NC1Cc2ccccc2[C@@](O)(CS(=O)(=O)c2ccc(O)cc2)C1)c1cc2cc(Cl)ccc2[nH]1. The lowest BCUT2D eigenvalue weighted by atomic mass is 9.77. The minimum atomic E-state index is -3.90. The summed E-state index contributed by atoms with van der Waals surface area (Å²) in [4.78, 5) is 16.1. The first-order valence-corrected chi connectivity index (χ1v) is 13.1. The number of sulfone groups is 1. The normalized spacial score (nSPS) is 19.9. The minimum absolute atomic E-state index is 0.00380. The number of phenolic OH excluding ortho intramolecular Hbond substituents is 1. The fourth-order valence-corrected chi connectivity index (χ4v) is 6.59. The molecule has 0 bridgehead atoms. The molecule has 0 aliphatic heterocycles. The Hall–Kier alpha value is -3.33. The lowest BCUT2D eigenvalue weighted by Gasteiger charge is -2.38. The second-order valence-corrected chi connectivity index (χ2v) is 11.4. The van der Waals surface area contributed by atoms with E-state index in [1.165, 1.54) is 24.3 Å². The summed E-state index contributed by atoms with van der Waals surface area (Å²) < 4.78 is 26.3. The molecule has 4 aromatic rings. The zero-order valence-corrected chi connectivity index (χ0v) is 20.1. The van der Waals surface area contributed by atoms with Crippen molar-refractivity contribution in [2.75, 3.05) is 5.75 Å². The van der Waals surface area contributed by atoms with Crippen molar-refractivity contribution in [3.63, 3.8) is 0 Å². The third-order valence-electron chi connectivity index (χ3n) is 6.36. The first-order valence-electron chi connectivity index (χ1n) is 11.0. The molecule has 180 valence electrons. The van der Waals surface area contributed by atoms with Gasteiger partial charge in [-0.15, -0.1) is 0 Å². The number of aromatic amines is 1. The van der Waals surface area contributed by atoms with Crippen LogP contribution in [0.1, 0.15) is 28.0 Å². The third kappa shape index (κ3) is 4.65. The van der Waals surface area contributed by atoms with Crippen LogP contribution in [0.3, 0.4) is 0 Å². The lowest BCUT2D eigenvalue weighted by molar-refractivity contribution is 0.0310. The highest BCUT2D eigenvalue weighted by atomic mass is 35.5. The average Bonchev–Trinajstić information content (AvgIpc) is 3.22. The summed E-state index contributed by atoms with van der Waals surface area (Å²) in [5.41, 5.74) is 0.715. The Morgan fingerprint density at radius 3 is 2.60 bits per heavy atom. The first kappa shape index (κ1) is 23.4. The summed E-state index contributed by atoms with van der Waals surface area (Å²) in [6, 6.07) is 18.8. The van der Waals surface area contributed by atoms with Gasteiger partial charge in [-0.25, -0.2) is 8.42 Å². The summed E-state index contributed by atoms with van der Waals surface area (Å²) in [5.74, 6) is -0.961. The van der Waals surface area contributed by atoms with E-state index in [0.29, 0.717) is 22.7 Å². The molecule has 1 aliphatic carbocycles. The molecule has 1 aliphatic rings. The van der Waals surface area contributed by atoms with Crippen molar-refractivity contribution in [1.29, 1.82) is 0 Å². The molecule has 5 rings (SSSR count). The van der Waals surface area contributed by atoms with Crippen LogP contribution in [0, 0.1) is 0 Å². The molecule has 0 saturated carbocycles. The number of amides is 1. The highest BCUT2D eigenvalue weighted by molar-refractivity contribution is 7.91. The van der Waals surface area contributed by atoms with Gasteiger partial charge in [-0.1, -0.05) is 35.9 Å². The van der Waals surface area contributed by atoms with E-state index < -0.39 is 27.2 Å². The summed E-state index contributed by atoms with van der Waals surface area (Å²) >= 11 is 6.04. The van der Waals surface area contributed by atoms with Crippen LogP contribution in [0.15, 0.2) is 77.7 Å². The maximum absolute atomic E-state index is 13.2. The van der Waals surface area contributed by atoms with Gasteiger partial charge in [0.15, 0.2) is 9.84 Å². The van der Waals surface area contributed by atoms with Crippen molar-refractivity contribution in [2.45, 2.75) is 29.4 Å². The van der Waals surface area contributed by atoms with Crippen molar-refractivity contribution in [3.05, 3.63) is 94.6 Å². The number of aliphatic hydroxyl groups is 1. The Balaban J connectivity index is 1.42. The number of hydrogen-bond donors (Lipinski definition) is 4. The molecule has 1 heterocycles. The smallest absolute Gasteiger partial charge is 0.267 e. The average molecular weight is 511 g/mol. The molecule has 1 unspecified atom stereocenters. The quantitative estimate of drug-likeness (QED) is 0.324. The van der Waals surface area contributed by atoms with Crippen LogP contribution in [-0.4, -0.2) is 41.3 Å².